The molecule has 3 aromatic rings. The molecule has 156 valence electrons. The summed E-state index contributed by atoms with van der Waals surface area (Å²) in [6.45, 7) is 9.41. The molecule has 0 aliphatic heterocycles. The van der Waals surface area contributed by atoms with E-state index in [4.69, 9.17) is 0 Å². The van der Waals surface area contributed by atoms with Crippen molar-refractivity contribution in [3.8, 4) is 0 Å². The molecule has 0 saturated carbocycles. The van der Waals surface area contributed by atoms with E-state index in [9.17, 15) is 13.2 Å². The van der Waals surface area contributed by atoms with Gasteiger partial charge in [0, 0.05) is 11.3 Å². The fraction of sp³-hybridized carbons (Fsp3) is 0.208. The number of nitrogens with one attached hydrogen (secondary N) is 2. The van der Waals surface area contributed by atoms with Crippen LogP contribution in [0, 0.1) is 34.6 Å². The normalized spacial score (nSPS) is 11.2. The van der Waals surface area contributed by atoms with Gasteiger partial charge in [-0.3, -0.25) is 9.52 Å². The lowest BCUT2D eigenvalue weighted by Gasteiger charge is -2.15. The maximum absolute atomic E-state index is 13.1. The second-order valence-electron chi connectivity index (χ2n) is 7.61. The molecule has 0 unspecified atom stereocenters. The zero-order valence-electron chi connectivity index (χ0n) is 17.8. The fourth-order valence-corrected chi connectivity index (χ4v) is 4.64. The van der Waals surface area contributed by atoms with E-state index in [1.807, 2.05) is 52.0 Å². The lowest BCUT2D eigenvalue weighted by molar-refractivity contribution is 0.102. The van der Waals surface area contributed by atoms with Gasteiger partial charge in [0.2, 0.25) is 0 Å². The lowest BCUT2D eigenvalue weighted by atomic mass is 10.1. The largest absolute Gasteiger partial charge is 0.322 e. The molecule has 3 rings (SSSR count). The van der Waals surface area contributed by atoms with Gasteiger partial charge in [-0.1, -0.05) is 35.9 Å². The van der Waals surface area contributed by atoms with E-state index in [0.29, 0.717) is 16.9 Å². The van der Waals surface area contributed by atoms with Gasteiger partial charge in [-0.05, 0) is 81.1 Å². The zero-order chi connectivity index (χ0) is 22.1. The maximum atomic E-state index is 13.1. The molecule has 0 atom stereocenters. The first-order valence-electron chi connectivity index (χ1n) is 9.67. The van der Waals surface area contributed by atoms with Gasteiger partial charge in [0.1, 0.15) is 0 Å². The van der Waals surface area contributed by atoms with Crippen LogP contribution in [0.5, 0.6) is 0 Å². The minimum absolute atomic E-state index is 0.0803. The predicted octanol–water partition coefficient (Wildman–Crippen LogP) is 5.28. The van der Waals surface area contributed by atoms with Crippen molar-refractivity contribution in [2.45, 2.75) is 39.5 Å². The summed E-state index contributed by atoms with van der Waals surface area (Å²) in [5.41, 5.74) is 5.98. The average Bonchev–Trinajstić information content (AvgIpc) is 2.67. The Labute approximate surface area is 178 Å². The monoisotopic (exact) mass is 422 g/mol. The van der Waals surface area contributed by atoms with Crippen molar-refractivity contribution in [2.75, 3.05) is 10.0 Å². The van der Waals surface area contributed by atoms with Crippen molar-refractivity contribution in [2.24, 2.45) is 0 Å². The van der Waals surface area contributed by atoms with Crippen LogP contribution in [0.3, 0.4) is 0 Å². The van der Waals surface area contributed by atoms with Crippen molar-refractivity contribution < 1.29 is 13.2 Å². The molecular weight excluding hydrogens is 396 g/mol. The van der Waals surface area contributed by atoms with Crippen LogP contribution >= 0.6 is 0 Å². The molecule has 0 radical (unpaired) electrons. The summed E-state index contributed by atoms with van der Waals surface area (Å²) in [5, 5.41) is 2.86. The number of anilines is 2. The number of benzene rings is 3. The number of carbonyl (C=O) groups excluding carboxylic acids is 1. The van der Waals surface area contributed by atoms with Crippen LogP contribution in [-0.4, -0.2) is 14.3 Å². The molecule has 0 fully saturated rings. The molecule has 0 spiro atoms. The second kappa shape index (κ2) is 8.32. The van der Waals surface area contributed by atoms with E-state index in [1.54, 1.807) is 31.2 Å². The molecule has 0 aliphatic rings. The van der Waals surface area contributed by atoms with Crippen LogP contribution in [0.25, 0.3) is 0 Å². The Bertz CT molecular complexity index is 1230. The Morgan fingerprint density at radius 1 is 0.767 bits per heavy atom. The van der Waals surface area contributed by atoms with Crippen LogP contribution in [0.4, 0.5) is 11.4 Å². The van der Waals surface area contributed by atoms with Gasteiger partial charge >= 0.3 is 0 Å². The molecule has 6 heteroatoms. The van der Waals surface area contributed by atoms with Gasteiger partial charge in [-0.15, -0.1) is 0 Å². The number of rotatable bonds is 5. The summed E-state index contributed by atoms with van der Waals surface area (Å²) in [7, 11) is -3.86. The third-order valence-electron chi connectivity index (χ3n) is 5.22. The van der Waals surface area contributed by atoms with Crippen LogP contribution < -0.4 is 10.0 Å². The topological polar surface area (TPSA) is 75.3 Å². The Morgan fingerprint density at radius 2 is 1.50 bits per heavy atom. The van der Waals surface area contributed by atoms with E-state index >= 15 is 0 Å². The quantitative estimate of drug-likeness (QED) is 0.587. The highest BCUT2D eigenvalue weighted by molar-refractivity contribution is 7.92. The van der Waals surface area contributed by atoms with Crippen molar-refractivity contribution >= 4 is 27.3 Å². The summed E-state index contributed by atoms with van der Waals surface area (Å²) in [6, 6.07) is 15.9. The first-order valence-corrected chi connectivity index (χ1v) is 11.1. The molecule has 0 saturated heterocycles. The van der Waals surface area contributed by atoms with E-state index in [1.165, 1.54) is 6.07 Å². The van der Waals surface area contributed by atoms with Crippen molar-refractivity contribution in [3.05, 3.63) is 88.0 Å². The SMILES string of the molecule is Cc1ccc(NC(=O)c2ccc(C)c(S(=O)(=O)Nc3cccc(C)c3C)c2)c(C)c1. The third kappa shape index (κ3) is 4.54. The Hall–Kier alpha value is -3.12. The standard InChI is InChI=1S/C24H26N2O3S/c1-15-9-12-21(18(4)13-15)25-24(27)20-11-10-17(3)23(14-20)30(28,29)26-22-8-6-7-16(2)19(22)5/h6-14,26H,1-5H3,(H,25,27). The predicted molar refractivity (Wildman–Crippen MR) is 122 cm³/mol. The molecule has 0 bridgehead atoms. The van der Waals surface area contributed by atoms with Crippen LogP contribution in [0.1, 0.15) is 38.2 Å². The molecular formula is C24H26N2O3S. The third-order valence-corrected chi connectivity index (χ3v) is 6.73. The molecule has 5 nitrogen and oxygen atoms in total. The van der Waals surface area contributed by atoms with Crippen molar-refractivity contribution in [1.82, 2.24) is 0 Å². The molecule has 0 aromatic heterocycles. The summed E-state index contributed by atoms with van der Waals surface area (Å²) < 4.78 is 28.8. The minimum Gasteiger partial charge on any atom is -0.322 e. The van der Waals surface area contributed by atoms with E-state index in [-0.39, 0.29) is 16.4 Å². The molecule has 0 heterocycles. The van der Waals surface area contributed by atoms with E-state index < -0.39 is 10.0 Å². The molecule has 2 N–H and O–H groups in total. The Kier molecular flexibility index (Phi) is 5.99. The average molecular weight is 423 g/mol. The number of aryl methyl sites for hydroxylation is 4. The Balaban J connectivity index is 1.92. The van der Waals surface area contributed by atoms with E-state index in [2.05, 4.69) is 10.0 Å². The summed E-state index contributed by atoms with van der Waals surface area (Å²) >= 11 is 0. The first-order chi connectivity index (χ1) is 14.1. The highest BCUT2D eigenvalue weighted by atomic mass is 32.2. The number of sulfonamides is 1. The van der Waals surface area contributed by atoms with Gasteiger partial charge in [0.15, 0.2) is 0 Å². The van der Waals surface area contributed by atoms with Gasteiger partial charge in [-0.2, -0.15) is 0 Å². The number of hydrogen-bond donors (Lipinski definition) is 2. The highest BCUT2D eigenvalue weighted by Crippen LogP contribution is 2.25. The van der Waals surface area contributed by atoms with Gasteiger partial charge < -0.3 is 5.32 Å². The molecule has 1 amide bonds. The summed E-state index contributed by atoms with van der Waals surface area (Å²) in [5.74, 6) is -0.356. The van der Waals surface area contributed by atoms with Crippen LogP contribution in [-0.2, 0) is 10.0 Å². The Morgan fingerprint density at radius 3 is 2.20 bits per heavy atom. The molecule has 3 aromatic carbocycles. The fourth-order valence-electron chi connectivity index (χ4n) is 3.24. The van der Waals surface area contributed by atoms with Crippen molar-refractivity contribution in [1.29, 1.82) is 0 Å². The van der Waals surface area contributed by atoms with Gasteiger partial charge in [-0.25, -0.2) is 8.42 Å². The zero-order valence-corrected chi connectivity index (χ0v) is 18.6. The van der Waals surface area contributed by atoms with Gasteiger partial charge in [0.25, 0.3) is 15.9 Å². The summed E-state index contributed by atoms with van der Waals surface area (Å²) in [6.07, 6.45) is 0. The van der Waals surface area contributed by atoms with Crippen LogP contribution in [0.15, 0.2) is 59.5 Å². The minimum atomic E-state index is -3.86. The molecule has 0 aliphatic carbocycles. The first kappa shape index (κ1) is 21.6. The highest BCUT2D eigenvalue weighted by Gasteiger charge is 2.20. The smallest absolute Gasteiger partial charge is 0.262 e. The second-order valence-corrected chi connectivity index (χ2v) is 9.26. The summed E-state index contributed by atoms with van der Waals surface area (Å²) in [4.78, 5) is 12.9. The molecule has 30 heavy (non-hydrogen) atoms. The number of amides is 1. The number of carbonyl (C=O) groups is 1. The number of hydrogen-bond acceptors (Lipinski definition) is 3. The van der Waals surface area contributed by atoms with Gasteiger partial charge in [0.05, 0.1) is 10.6 Å². The lowest BCUT2D eigenvalue weighted by Crippen LogP contribution is -2.18. The van der Waals surface area contributed by atoms with Crippen LogP contribution in [0.2, 0.25) is 0 Å². The van der Waals surface area contributed by atoms with Crippen molar-refractivity contribution in [3.63, 3.8) is 0 Å². The maximum Gasteiger partial charge on any atom is 0.262 e. The van der Waals surface area contributed by atoms with E-state index in [0.717, 1.165) is 22.3 Å².